The highest BCUT2D eigenvalue weighted by Crippen LogP contribution is 2.30. The number of halogens is 1. The van der Waals surface area contributed by atoms with Crippen molar-refractivity contribution in [3.05, 3.63) is 56.4 Å². The number of benzene rings is 1. The monoisotopic (exact) mass is 362 g/mol. The van der Waals surface area contributed by atoms with Crippen molar-refractivity contribution >= 4 is 33.3 Å². The zero-order valence-corrected chi connectivity index (χ0v) is 15.7. The van der Waals surface area contributed by atoms with E-state index in [9.17, 15) is 9.18 Å². The molecule has 3 rings (SSSR count). The minimum atomic E-state index is -0.244. The van der Waals surface area contributed by atoms with Crippen LogP contribution in [0.15, 0.2) is 34.2 Å². The average molecular weight is 362 g/mol. The second kappa shape index (κ2) is 6.69. The van der Waals surface area contributed by atoms with Crippen molar-refractivity contribution in [3.63, 3.8) is 0 Å². The summed E-state index contributed by atoms with van der Waals surface area (Å²) < 4.78 is 14.8. The van der Waals surface area contributed by atoms with Crippen LogP contribution in [0.3, 0.4) is 0 Å². The zero-order valence-electron chi connectivity index (χ0n) is 14.1. The Morgan fingerprint density at radius 1 is 1.25 bits per heavy atom. The predicted octanol–water partition coefficient (Wildman–Crippen LogP) is 5.09. The van der Waals surface area contributed by atoms with E-state index in [0.29, 0.717) is 10.9 Å². The van der Waals surface area contributed by atoms with Crippen LogP contribution in [0.1, 0.15) is 35.9 Å². The summed E-state index contributed by atoms with van der Waals surface area (Å²) in [6.07, 6.45) is 0. The van der Waals surface area contributed by atoms with Crippen LogP contribution in [0, 0.1) is 19.7 Å². The van der Waals surface area contributed by atoms with Gasteiger partial charge in [-0.2, -0.15) is 0 Å². The molecule has 2 heterocycles. The molecule has 0 atom stereocenters. The molecule has 3 aromatic rings. The molecular weight excluding hydrogens is 343 g/mol. The van der Waals surface area contributed by atoms with Gasteiger partial charge in [0.05, 0.1) is 5.39 Å². The zero-order chi connectivity index (χ0) is 17.4. The summed E-state index contributed by atoms with van der Waals surface area (Å²) in [7, 11) is 0. The Kier molecular flexibility index (Phi) is 4.78. The van der Waals surface area contributed by atoms with Crippen molar-refractivity contribution in [1.29, 1.82) is 0 Å². The molecule has 0 aliphatic heterocycles. The largest absolute Gasteiger partial charge is 0.284 e. The fourth-order valence-corrected chi connectivity index (χ4v) is 4.73. The van der Waals surface area contributed by atoms with E-state index >= 15 is 0 Å². The van der Waals surface area contributed by atoms with Gasteiger partial charge in [-0.25, -0.2) is 9.37 Å². The maximum Gasteiger partial charge on any atom is 0.263 e. The molecule has 0 aliphatic carbocycles. The summed E-state index contributed by atoms with van der Waals surface area (Å²) in [5.41, 5.74) is 2.06. The summed E-state index contributed by atoms with van der Waals surface area (Å²) in [5.74, 6) is 0.404. The lowest BCUT2D eigenvalue weighted by Crippen LogP contribution is -2.24. The first-order valence-electron chi connectivity index (χ1n) is 7.78. The molecule has 2 aromatic heterocycles. The van der Waals surface area contributed by atoms with Crippen molar-refractivity contribution in [2.24, 2.45) is 0 Å². The first kappa shape index (κ1) is 17.2. The number of aryl methyl sites for hydroxylation is 2. The number of fused-ring (bicyclic) bond motifs is 1. The molecule has 0 radical (unpaired) electrons. The fraction of sp³-hybridized carbons (Fsp3) is 0.333. The quantitative estimate of drug-likeness (QED) is 0.479. The van der Waals surface area contributed by atoms with E-state index in [4.69, 9.17) is 4.98 Å². The van der Waals surface area contributed by atoms with Crippen LogP contribution in [0.5, 0.6) is 0 Å². The summed E-state index contributed by atoms with van der Waals surface area (Å²) in [5, 5.41) is 1.45. The van der Waals surface area contributed by atoms with Gasteiger partial charge in [0.15, 0.2) is 5.16 Å². The maximum atomic E-state index is 13.0. The van der Waals surface area contributed by atoms with Crippen molar-refractivity contribution < 1.29 is 4.39 Å². The molecule has 0 saturated heterocycles. The number of hydrogen-bond acceptors (Lipinski definition) is 4. The highest BCUT2D eigenvalue weighted by molar-refractivity contribution is 7.98. The topological polar surface area (TPSA) is 34.9 Å². The molecule has 6 heteroatoms. The predicted molar refractivity (Wildman–Crippen MR) is 99.7 cm³/mol. The van der Waals surface area contributed by atoms with Crippen molar-refractivity contribution in [1.82, 2.24) is 9.55 Å². The van der Waals surface area contributed by atoms with Crippen LogP contribution < -0.4 is 5.56 Å². The normalized spacial score (nSPS) is 11.6. The third-order valence-corrected chi connectivity index (χ3v) is 6.13. The molecule has 0 aliphatic rings. The van der Waals surface area contributed by atoms with Gasteiger partial charge in [0.25, 0.3) is 5.56 Å². The molecule has 0 amide bonds. The Hall–Kier alpha value is -1.66. The van der Waals surface area contributed by atoms with Crippen LogP contribution in [0.25, 0.3) is 10.2 Å². The van der Waals surface area contributed by atoms with Crippen LogP contribution in [0.4, 0.5) is 4.39 Å². The van der Waals surface area contributed by atoms with Gasteiger partial charge in [-0.15, -0.1) is 11.3 Å². The Labute approximate surface area is 148 Å². The van der Waals surface area contributed by atoms with Crippen molar-refractivity contribution in [2.45, 2.75) is 44.6 Å². The summed E-state index contributed by atoms with van der Waals surface area (Å²) in [6, 6.07) is 6.46. The number of thioether (sulfide) groups is 1. The van der Waals surface area contributed by atoms with Gasteiger partial charge >= 0.3 is 0 Å². The van der Waals surface area contributed by atoms with Crippen molar-refractivity contribution in [3.8, 4) is 0 Å². The third-order valence-electron chi connectivity index (χ3n) is 4.00. The Morgan fingerprint density at radius 3 is 2.54 bits per heavy atom. The number of hydrogen-bond donors (Lipinski definition) is 0. The molecule has 0 unspecified atom stereocenters. The standard InChI is InChI=1S/C18H19FN2OS2/c1-10(2)21-17(22)15-11(3)12(4)24-16(15)20-18(21)23-9-13-5-7-14(19)8-6-13/h5-8,10H,9H2,1-4H3. The minimum absolute atomic E-state index is 0.0263. The average Bonchev–Trinajstić information content (AvgIpc) is 2.81. The van der Waals surface area contributed by atoms with Gasteiger partial charge in [0.2, 0.25) is 0 Å². The highest BCUT2D eigenvalue weighted by Gasteiger charge is 2.18. The summed E-state index contributed by atoms with van der Waals surface area (Å²) >= 11 is 3.08. The number of rotatable bonds is 4. The van der Waals surface area contributed by atoms with Crippen LogP contribution in [-0.2, 0) is 5.75 Å². The van der Waals surface area contributed by atoms with Gasteiger partial charge in [-0.3, -0.25) is 9.36 Å². The van der Waals surface area contributed by atoms with Gasteiger partial charge < -0.3 is 0 Å². The molecule has 3 nitrogen and oxygen atoms in total. The highest BCUT2D eigenvalue weighted by atomic mass is 32.2. The van der Waals surface area contributed by atoms with Gasteiger partial charge in [-0.05, 0) is 51.0 Å². The molecule has 0 spiro atoms. The molecule has 126 valence electrons. The van der Waals surface area contributed by atoms with Crippen LogP contribution in [-0.4, -0.2) is 9.55 Å². The van der Waals surface area contributed by atoms with E-state index < -0.39 is 0 Å². The Balaban J connectivity index is 2.04. The molecule has 0 fully saturated rings. The first-order chi connectivity index (χ1) is 11.4. The van der Waals surface area contributed by atoms with E-state index in [-0.39, 0.29) is 17.4 Å². The number of nitrogens with zero attached hydrogens (tertiary/aromatic N) is 2. The van der Waals surface area contributed by atoms with Gasteiger partial charge in [0.1, 0.15) is 10.6 Å². The SMILES string of the molecule is Cc1sc2nc(SCc3ccc(F)cc3)n(C(C)C)c(=O)c2c1C. The molecular formula is C18H19FN2OS2. The molecule has 0 bridgehead atoms. The molecule has 0 saturated carbocycles. The Bertz CT molecular complexity index is 942. The van der Waals surface area contributed by atoms with E-state index in [1.54, 1.807) is 28.0 Å². The molecule has 24 heavy (non-hydrogen) atoms. The van der Waals surface area contributed by atoms with E-state index in [0.717, 1.165) is 26.2 Å². The minimum Gasteiger partial charge on any atom is -0.284 e. The maximum absolute atomic E-state index is 13.0. The first-order valence-corrected chi connectivity index (χ1v) is 9.58. The van der Waals surface area contributed by atoms with E-state index in [2.05, 4.69) is 0 Å². The van der Waals surface area contributed by atoms with E-state index in [1.165, 1.54) is 23.9 Å². The lowest BCUT2D eigenvalue weighted by atomic mass is 10.2. The van der Waals surface area contributed by atoms with Gasteiger partial charge in [-0.1, -0.05) is 23.9 Å². The van der Waals surface area contributed by atoms with Crippen LogP contribution >= 0.6 is 23.1 Å². The lowest BCUT2D eigenvalue weighted by molar-refractivity contribution is 0.519. The number of thiophene rings is 1. The van der Waals surface area contributed by atoms with Crippen LogP contribution in [0.2, 0.25) is 0 Å². The third kappa shape index (κ3) is 3.13. The van der Waals surface area contributed by atoms with E-state index in [1.807, 2.05) is 27.7 Å². The van der Waals surface area contributed by atoms with Gasteiger partial charge in [0, 0.05) is 16.7 Å². The Morgan fingerprint density at radius 2 is 1.92 bits per heavy atom. The second-order valence-corrected chi connectivity index (χ2v) is 8.19. The fourth-order valence-electron chi connectivity index (χ4n) is 2.57. The summed E-state index contributed by atoms with van der Waals surface area (Å²) in [4.78, 5) is 19.6. The molecule has 1 aromatic carbocycles. The lowest BCUT2D eigenvalue weighted by Gasteiger charge is -2.15. The molecule has 0 N–H and O–H groups in total. The second-order valence-electron chi connectivity index (χ2n) is 6.04. The smallest absolute Gasteiger partial charge is 0.263 e. The summed E-state index contributed by atoms with van der Waals surface area (Å²) in [6.45, 7) is 7.98. The van der Waals surface area contributed by atoms with Crippen molar-refractivity contribution in [2.75, 3.05) is 0 Å². The number of aromatic nitrogens is 2.